The van der Waals surface area contributed by atoms with Gasteiger partial charge in [0.05, 0.1) is 0 Å². The maximum Gasteiger partial charge on any atom is 0.308 e. The van der Waals surface area contributed by atoms with Crippen LogP contribution < -0.4 is 0 Å². The molecule has 0 aliphatic carbocycles. The number of hydrogen-bond donors (Lipinski definition) is 1. The molecule has 0 amide bonds. The maximum atomic E-state index is 14.6. The Balaban J connectivity index is 1.60. The number of H-pyrrole nitrogens is 1. The summed E-state index contributed by atoms with van der Waals surface area (Å²) in [5, 5.41) is 18.2. The zero-order valence-electron chi connectivity index (χ0n) is 19.1. The highest BCUT2D eigenvalue weighted by molar-refractivity contribution is 5.80. The molecule has 4 rings (SSSR count). The van der Waals surface area contributed by atoms with Crippen molar-refractivity contribution in [3.05, 3.63) is 65.7 Å². The summed E-state index contributed by atoms with van der Waals surface area (Å²) in [6.45, 7) is 3.81. The third kappa shape index (κ3) is 5.17. The van der Waals surface area contributed by atoms with Crippen molar-refractivity contribution < 1.29 is 8.78 Å². The van der Waals surface area contributed by atoms with E-state index in [1.807, 2.05) is 55.5 Å². The second-order valence-corrected chi connectivity index (χ2v) is 7.91. The standard InChI is InChI=1S/C25H25F2N7/c1-3-5-15-25(26,27)24-28-22(34(31-24)16-6-4-2)17-18-11-13-19(14-12-18)20-9-7-8-10-21(20)23-29-32-33-30-23/h7-14H,3,5,15-17H2,1-2H3,(H,29,30,32,33). The summed E-state index contributed by atoms with van der Waals surface area (Å²) >= 11 is 0. The van der Waals surface area contributed by atoms with E-state index in [1.165, 1.54) is 4.68 Å². The summed E-state index contributed by atoms with van der Waals surface area (Å²) in [6, 6.07) is 15.7. The van der Waals surface area contributed by atoms with Crippen molar-refractivity contribution in [2.24, 2.45) is 0 Å². The second-order valence-electron chi connectivity index (χ2n) is 7.91. The molecular formula is C25H25F2N7. The number of rotatable bonds is 9. The van der Waals surface area contributed by atoms with Crippen molar-refractivity contribution in [3.63, 3.8) is 0 Å². The fraction of sp³-hybridized carbons (Fsp3) is 0.320. The molecule has 174 valence electrons. The normalized spacial score (nSPS) is 11.3. The van der Waals surface area contributed by atoms with E-state index in [2.05, 4.69) is 42.5 Å². The zero-order valence-corrected chi connectivity index (χ0v) is 19.1. The molecule has 0 unspecified atom stereocenters. The summed E-state index contributed by atoms with van der Waals surface area (Å²) in [6.07, 6.45) is 1.21. The second kappa shape index (κ2) is 10.3. The zero-order chi connectivity index (χ0) is 24.0. The van der Waals surface area contributed by atoms with Crippen LogP contribution in [0.1, 0.15) is 50.3 Å². The molecule has 0 aliphatic rings. The average Bonchev–Trinajstić information content (AvgIpc) is 3.53. The van der Waals surface area contributed by atoms with E-state index in [0.29, 0.717) is 30.9 Å². The molecular weight excluding hydrogens is 436 g/mol. The number of tetrazole rings is 1. The Morgan fingerprint density at radius 1 is 1.06 bits per heavy atom. The van der Waals surface area contributed by atoms with Crippen molar-refractivity contribution in [1.82, 2.24) is 35.4 Å². The fourth-order valence-electron chi connectivity index (χ4n) is 3.65. The minimum absolute atomic E-state index is 0.222. The van der Waals surface area contributed by atoms with Gasteiger partial charge >= 0.3 is 5.92 Å². The molecule has 2 aromatic carbocycles. The van der Waals surface area contributed by atoms with Crippen molar-refractivity contribution >= 4 is 0 Å². The van der Waals surface area contributed by atoms with Crippen molar-refractivity contribution in [2.45, 2.75) is 52.0 Å². The van der Waals surface area contributed by atoms with Gasteiger partial charge in [0, 0.05) is 18.4 Å². The minimum Gasteiger partial charge on any atom is -0.239 e. The van der Waals surface area contributed by atoms with E-state index >= 15 is 0 Å². The Kier molecular flexibility index (Phi) is 7.07. The molecule has 34 heavy (non-hydrogen) atoms. The number of aromatic amines is 1. The van der Waals surface area contributed by atoms with Gasteiger partial charge in [-0.3, -0.25) is 0 Å². The monoisotopic (exact) mass is 461 g/mol. The van der Waals surface area contributed by atoms with Gasteiger partial charge < -0.3 is 0 Å². The van der Waals surface area contributed by atoms with E-state index in [1.54, 1.807) is 6.92 Å². The lowest BCUT2D eigenvalue weighted by atomic mass is 9.98. The van der Waals surface area contributed by atoms with Crippen LogP contribution in [-0.2, 0) is 18.9 Å². The smallest absolute Gasteiger partial charge is 0.239 e. The van der Waals surface area contributed by atoms with E-state index in [0.717, 1.165) is 22.3 Å². The van der Waals surface area contributed by atoms with Crippen LogP contribution in [0, 0.1) is 11.8 Å². The maximum absolute atomic E-state index is 14.6. The first-order valence-corrected chi connectivity index (χ1v) is 11.2. The van der Waals surface area contributed by atoms with Gasteiger partial charge in [-0.25, -0.2) is 14.8 Å². The van der Waals surface area contributed by atoms with Crippen molar-refractivity contribution in [1.29, 1.82) is 0 Å². The van der Waals surface area contributed by atoms with E-state index in [4.69, 9.17) is 0 Å². The van der Waals surface area contributed by atoms with Gasteiger partial charge in [-0.15, -0.1) is 16.1 Å². The van der Waals surface area contributed by atoms with Gasteiger partial charge in [-0.2, -0.15) is 8.78 Å². The largest absolute Gasteiger partial charge is 0.308 e. The van der Waals surface area contributed by atoms with Crippen LogP contribution >= 0.6 is 0 Å². The van der Waals surface area contributed by atoms with Gasteiger partial charge in [0.2, 0.25) is 5.82 Å². The Labute approximate surface area is 196 Å². The van der Waals surface area contributed by atoms with Crippen LogP contribution in [0.3, 0.4) is 0 Å². The number of alkyl halides is 2. The number of nitrogens with one attached hydrogen (secondary N) is 1. The summed E-state index contributed by atoms with van der Waals surface area (Å²) in [5.74, 6) is 3.25. The first kappa shape index (κ1) is 23.2. The molecule has 2 heterocycles. The van der Waals surface area contributed by atoms with Gasteiger partial charge in [0.25, 0.3) is 0 Å². The molecule has 0 aliphatic heterocycles. The number of nitrogens with zero attached hydrogens (tertiary/aromatic N) is 6. The summed E-state index contributed by atoms with van der Waals surface area (Å²) in [7, 11) is 0. The Morgan fingerprint density at radius 3 is 2.50 bits per heavy atom. The fourth-order valence-corrected chi connectivity index (χ4v) is 3.65. The molecule has 1 N–H and O–H groups in total. The van der Waals surface area contributed by atoms with Crippen molar-refractivity contribution in [2.75, 3.05) is 0 Å². The lowest BCUT2D eigenvalue weighted by molar-refractivity contribution is -0.0245. The van der Waals surface area contributed by atoms with Crippen LogP contribution in [0.5, 0.6) is 0 Å². The minimum atomic E-state index is -3.06. The van der Waals surface area contributed by atoms with E-state index < -0.39 is 11.7 Å². The lowest BCUT2D eigenvalue weighted by Crippen LogP contribution is -2.16. The Morgan fingerprint density at radius 2 is 1.82 bits per heavy atom. The number of hydrogen-bond acceptors (Lipinski definition) is 5. The quantitative estimate of drug-likeness (QED) is 0.354. The van der Waals surface area contributed by atoms with E-state index in [-0.39, 0.29) is 13.0 Å². The Hall–Kier alpha value is -3.93. The molecule has 0 saturated carbocycles. The highest BCUT2D eigenvalue weighted by Crippen LogP contribution is 2.32. The van der Waals surface area contributed by atoms with E-state index in [9.17, 15) is 8.78 Å². The van der Waals surface area contributed by atoms with Crippen LogP contribution in [0.4, 0.5) is 8.78 Å². The highest BCUT2D eigenvalue weighted by Gasteiger charge is 2.36. The van der Waals surface area contributed by atoms with Crippen molar-refractivity contribution in [3.8, 4) is 34.4 Å². The molecule has 0 fully saturated rings. The molecule has 2 aromatic heterocycles. The number of halogens is 2. The molecule has 0 bridgehead atoms. The highest BCUT2D eigenvalue weighted by atomic mass is 19.3. The van der Waals surface area contributed by atoms with Crippen LogP contribution in [-0.4, -0.2) is 35.4 Å². The molecule has 0 saturated heterocycles. The summed E-state index contributed by atoms with van der Waals surface area (Å²) in [4.78, 5) is 4.22. The molecule has 0 atom stereocenters. The van der Waals surface area contributed by atoms with Crippen LogP contribution in [0.2, 0.25) is 0 Å². The predicted molar refractivity (Wildman–Crippen MR) is 125 cm³/mol. The molecule has 7 nitrogen and oxygen atoms in total. The molecule has 0 radical (unpaired) electrons. The molecule has 4 aromatic rings. The SMILES string of the molecule is CC#CCn1nc(C(F)(F)CCCC)nc1Cc1ccc(-c2ccccc2-c2nnn[nH]2)cc1. The van der Waals surface area contributed by atoms with Gasteiger partial charge in [-0.05, 0) is 40.5 Å². The van der Waals surface area contributed by atoms with Gasteiger partial charge in [-0.1, -0.05) is 67.8 Å². The third-order valence-corrected chi connectivity index (χ3v) is 5.48. The summed E-state index contributed by atoms with van der Waals surface area (Å²) < 4.78 is 30.7. The average molecular weight is 462 g/mol. The molecule has 9 heteroatoms. The number of unbranched alkanes of at least 4 members (excludes halogenated alkanes) is 1. The summed E-state index contributed by atoms with van der Waals surface area (Å²) in [5.41, 5.74) is 3.79. The van der Waals surface area contributed by atoms with Crippen LogP contribution in [0.25, 0.3) is 22.5 Å². The Bertz CT molecular complexity index is 1280. The number of aromatic nitrogens is 7. The van der Waals surface area contributed by atoms with Gasteiger partial charge in [0.1, 0.15) is 12.4 Å². The van der Waals surface area contributed by atoms with Crippen LogP contribution in [0.15, 0.2) is 48.5 Å². The topological polar surface area (TPSA) is 85.2 Å². The number of benzene rings is 2. The first-order valence-electron chi connectivity index (χ1n) is 11.2. The third-order valence-electron chi connectivity index (χ3n) is 5.48. The first-order chi connectivity index (χ1) is 16.5. The lowest BCUT2D eigenvalue weighted by Gasteiger charge is -2.11. The van der Waals surface area contributed by atoms with Gasteiger partial charge in [0.15, 0.2) is 5.82 Å². The molecule has 0 spiro atoms. The predicted octanol–water partition coefficient (Wildman–Crippen LogP) is 5.02.